The van der Waals surface area contributed by atoms with Gasteiger partial charge in [0.25, 0.3) is 5.91 Å². The summed E-state index contributed by atoms with van der Waals surface area (Å²) in [6, 6.07) is 2.61. The van der Waals surface area contributed by atoms with Crippen LogP contribution in [0.15, 0.2) is 16.6 Å². The molecule has 1 aromatic carbocycles. The predicted molar refractivity (Wildman–Crippen MR) is 72.3 cm³/mol. The molecule has 102 valence electrons. The van der Waals surface area contributed by atoms with Gasteiger partial charge in [-0.25, -0.2) is 4.39 Å². The van der Waals surface area contributed by atoms with Gasteiger partial charge in [0.1, 0.15) is 5.82 Å². The number of carbonyl (C=O) groups is 1. The standard InChI is InChI=1S/C13H14BrFN2O2/c14-8-5-9(15)10(16)4-7(8)13(18)17-11-3-6-1-2-12(11)19-6/h4-6,11-12H,1-3,16H2,(H,17,18). The Morgan fingerprint density at radius 2 is 2.26 bits per heavy atom. The highest BCUT2D eigenvalue weighted by Gasteiger charge is 2.41. The fourth-order valence-corrected chi connectivity index (χ4v) is 3.27. The van der Waals surface area contributed by atoms with Gasteiger partial charge in [0, 0.05) is 4.47 Å². The number of hydrogen-bond donors (Lipinski definition) is 2. The van der Waals surface area contributed by atoms with E-state index in [2.05, 4.69) is 21.2 Å². The van der Waals surface area contributed by atoms with Gasteiger partial charge in [0.2, 0.25) is 0 Å². The van der Waals surface area contributed by atoms with Crippen LogP contribution in [-0.2, 0) is 4.74 Å². The second-order valence-corrected chi connectivity index (χ2v) is 5.90. The van der Waals surface area contributed by atoms with Crippen molar-refractivity contribution in [2.45, 2.75) is 37.5 Å². The van der Waals surface area contributed by atoms with Crippen LogP contribution in [0.25, 0.3) is 0 Å². The Kier molecular flexibility index (Phi) is 3.22. The number of nitrogens with one attached hydrogen (secondary N) is 1. The molecule has 0 aromatic heterocycles. The lowest BCUT2D eigenvalue weighted by Crippen LogP contribution is -2.41. The molecule has 3 unspecified atom stereocenters. The third kappa shape index (κ3) is 2.34. The summed E-state index contributed by atoms with van der Waals surface area (Å²) < 4.78 is 19.3. The molecule has 2 fully saturated rings. The number of ether oxygens (including phenoxy) is 1. The summed E-state index contributed by atoms with van der Waals surface area (Å²) in [7, 11) is 0. The average molecular weight is 329 g/mol. The van der Waals surface area contributed by atoms with Crippen LogP contribution < -0.4 is 11.1 Å². The lowest BCUT2D eigenvalue weighted by molar-refractivity contribution is 0.0840. The zero-order chi connectivity index (χ0) is 13.6. The van der Waals surface area contributed by atoms with Crippen LogP contribution in [0.2, 0.25) is 0 Å². The second-order valence-electron chi connectivity index (χ2n) is 5.04. The number of carbonyl (C=O) groups excluding carboxylic acids is 1. The maximum Gasteiger partial charge on any atom is 0.252 e. The quantitative estimate of drug-likeness (QED) is 0.818. The number of amides is 1. The average Bonchev–Trinajstić information content (AvgIpc) is 2.95. The molecule has 3 atom stereocenters. The first-order chi connectivity index (χ1) is 9.04. The number of halogens is 2. The molecule has 3 rings (SSSR count). The van der Waals surface area contributed by atoms with Crippen molar-refractivity contribution in [1.29, 1.82) is 0 Å². The molecule has 6 heteroatoms. The number of benzene rings is 1. The number of nitrogens with two attached hydrogens (primary N) is 1. The molecule has 2 bridgehead atoms. The van der Waals surface area contributed by atoms with Crippen molar-refractivity contribution in [1.82, 2.24) is 5.32 Å². The van der Waals surface area contributed by atoms with E-state index in [1.807, 2.05) is 0 Å². The predicted octanol–water partition coefficient (Wildman–Crippen LogP) is 2.22. The Hall–Kier alpha value is -1.14. The van der Waals surface area contributed by atoms with Crippen molar-refractivity contribution < 1.29 is 13.9 Å². The summed E-state index contributed by atoms with van der Waals surface area (Å²) in [4.78, 5) is 12.2. The van der Waals surface area contributed by atoms with Crippen molar-refractivity contribution in [3.05, 3.63) is 28.0 Å². The monoisotopic (exact) mass is 328 g/mol. The summed E-state index contributed by atoms with van der Waals surface area (Å²) >= 11 is 3.18. The van der Waals surface area contributed by atoms with E-state index in [-0.39, 0.29) is 29.8 Å². The molecule has 4 nitrogen and oxygen atoms in total. The van der Waals surface area contributed by atoms with Crippen LogP contribution in [0.3, 0.4) is 0 Å². The van der Waals surface area contributed by atoms with Crippen molar-refractivity contribution in [2.24, 2.45) is 0 Å². The first-order valence-corrected chi connectivity index (χ1v) is 7.04. The van der Waals surface area contributed by atoms with Gasteiger partial charge >= 0.3 is 0 Å². The summed E-state index contributed by atoms with van der Waals surface area (Å²) in [6.45, 7) is 0. The zero-order valence-electron chi connectivity index (χ0n) is 10.2. The third-order valence-electron chi connectivity index (χ3n) is 3.75. The van der Waals surface area contributed by atoms with Gasteiger partial charge in [-0.15, -0.1) is 0 Å². The van der Waals surface area contributed by atoms with Crippen LogP contribution in [0.1, 0.15) is 29.6 Å². The minimum absolute atomic E-state index is 0.0301. The highest BCUT2D eigenvalue weighted by Crippen LogP contribution is 2.34. The number of rotatable bonds is 2. The Bertz CT molecular complexity index is 538. The molecule has 1 aromatic rings. The molecule has 2 aliphatic heterocycles. The van der Waals surface area contributed by atoms with Crippen LogP contribution in [0.5, 0.6) is 0 Å². The van der Waals surface area contributed by atoms with E-state index in [1.165, 1.54) is 12.1 Å². The smallest absolute Gasteiger partial charge is 0.252 e. The van der Waals surface area contributed by atoms with Crippen LogP contribution in [0.4, 0.5) is 10.1 Å². The van der Waals surface area contributed by atoms with Gasteiger partial charge in [-0.3, -0.25) is 4.79 Å². The van der Waals surface area contributed by atoms with Gasteiger partial charge in [0.15, 0.2) is 0 Å². The van der Waals surface area contributed by atoms with E-state index >= 15 is 0 Å². The highest BCUT2D eigenvalue weighted by molar-refractivity contribution is 9.10. The molecule has 0 spiro atoms. The van der Waals surface area contributed by atoms with Crippen molar-refractivity contribution in [3.8, 4) is 0 Å². The molecular formula is C13H14BrFN2O2. The maximum absolute atomic E-state index is 13.2. The minimum Gasteiger partial charge on any atom is -0.396 e. The van der Waals surface area contributed by atoms with E-state index in [1.54, 1.807) is 0 Å². The topological polar surface area (TPSA) is 64.4 Å². The molecule has 2 aliphatic rings. The van der Waals surface area contributed by atoms with E-state index in [0.717, 1.165) is 19.3 Å². The fraction of sp³-hybridized carbons (Fsp3) is 0.462. The molecule has 19 heavy (non-hydrogen) atoms. The Labute approximate surface area is 118 Å². The second kappa shape index (κ2) is 4.76. The molecule has 0 radical (unpaired) electrons. The number of nitrogen functional groups attached to an aromatic ring is 1. The van der Waals surface area contributed by atoms with Gasteiger partial charge in [-0.2, -0.15) is 0 Å². The highest BCUT2D eigenvalue weighted by atomic mass is 79.9. The molecular weight excluding hydrogens is 315 g/mol. The number of anilines is 1. The Morgan fingerprint density at radius 1 is 1.47 bits per heavy atom. The van der Waals surface area contributed by atoms with Crippen molar-refractivity contribution in [2.75, 3.05) is 5.73 Å². The first kappa shape index (κ1) is 12.9. The van der Waals surface area contributed by atoms with Gasteiger partial charge in [-0.1, -0.05) is 0 Å². The zero-order valence-corrected chi connectivity index (χ0v) is 11.7. The maximum atomic E-state index is 13.2. The van der Waals surface area contributed by atoms with Gasteiger partial charge < -0.3 is 15.8 Å². The SMILES string of the molecule is Nc1cc(C(=O)NC2CC3CCC2O3)c(Br)cc1F. The van der Waals surface area contributed by atoms with Crippen molar-refractivity contribution in [3.63, 3.8) is 0 Å². The third-order valence-corrected chi connectivity index (χ3v) is 4.41. The van der Waals surface area contributed by atoms with E-state index in [4.69, 9.17) is 10.5 Å². The first-order valence-electron chi connectivity index (χ1n) is 6.25. The molecule has 3 N–H and O–H groups in total. The minimum atomic E-state index is -0.535. The lowest BCUT2D eigenvalue weighted by atomic mass is 9.95. The summed E-state index contributed by atoms with van der Waals surface area (Å²) in [5.41, 5.74) is 5.81. The van der Waals surface area contributed by atoms with Crippen LogP contribution in [0, 0.1) is 5.82 Å². The van der Waals surface area contributed by atoms with Gasteiger partial charge in [0.05, 0.1) is 29.5 Å². The molecule has 1 amide bonds. The van der Waals surface area contributed by atoms with Gasteiger partial charge in [-0.05, 0) is 47.3 Å². The van der Waals surface area contributed by atoms with Crippen molar-refractivity contribution >= 4 is 27.5 Å². The Morgan fingerprint density at radius 3 is 2.89 bits per heavy atom. The number of fused-ring (bicyclic) bond motifs is 2. The Balaban J connectivity index is 1.75. The molecule has 0 saturated carbocycles. The normalized spacial score (nSPS) is 28.6. The molecule has 0 aliphatic carbocycles. The van der Waals surface area contributed by atoms with Crippen LogP contribution >= 0.6 is 15.9 Å². The summed E-state index contributed by atoms with van der Waals surface area (Å²) in [5.74, 6) is -0.786. The molecule has 2 heterocycles. The molecule has 2 saturated heterocycles. The number of hydrogen-bond acceptors (Lipinski definition) is 3. The van der Waals surface area contributed by atoms with E-state index in [0.29, 0.717) is 10.0 Å². The summed E-state index contributed by atoms with van der Waals surface area (Å²) in [5, 5.41) is 2.94. The van der Waals surface area contributed by atoms with Crippen LogP contribution in [-0.4, -0.2) is 24.2 Å². The van der Waals surface area contributed by atoms with E-state index in [9.17, 15) is 9.18 Å². The van der Waals surface area contributed by atoms with E-state index < -0.39 is 5.82 Å². The summed E-state index contributed by atoms with van der Waals surface area (Å²) in [6.07, 6.45) is 3.31. The fourth-order valence-electron chi connectivity index (χ4n) is 2.78. The largest absolute Gasteiger partial charge is 0.396 e. The lowest BCUT2D eigenvalue weighted by Gasteiger charge is -2.20.